The van der Waals surface area contributed by atoms with Gasteiger partial charge in [-0.05, 0) is 0 Å². The Morgan fingerprint density at radius 3 is 2.48 bits per heavy atom. The van der Waals surface area contributed by atoms with Crippen LogP contribution in [0.5, 0.6) is 0 Å². The Kier molecular flexibility index (Phi) is 5.48. The van der Waals surface area contributed by atoms with Gasteiger partial charge >= 0.3 is 5.97 Å². The predicted octanol–water partition coefficient (Wildman–Crippen LogP) is 3.59. The van der Waals surface area contributed by atoms with Gasteiger partial charge in [-0.2, -0.15) is 0 Å². The van der Waals surface area contributed by atoms with Crippen LogP contribution < -0.4 is 4.90 Å². The number of carbonyl (C=O) groups excluding carboxylic acids is 3. The van der Waals surface area contributed by atoms with Gasteiger partial charge in [0.1, 0.15) is 0 Å². The Morgan fingerprint density at radius 1 is 1.07 bits per heavy atom. The Labute approximate surface area is 171 Å². The number of esters is 1. The number of thiazole rings is 1. The van der Waals surface area contributed by atoms with Crippen LogP contribution in [-0.4, -0.2) is 35.8 Å². The number of ketones is 1. The molecule has 1 aromatic heterocycles. The van der Waals surface area contributed by atoms with Crippen LogP contribution in [-0.2, 0) is 14.3 Å². The number of anilines is 1. The van der Waals surface area contributed by atoms with Crippen LogP contribution in [0.15, 0.2) is 66.0 Å². The minimum atomic E-state index is -0.602. The molecular formula is C22H18N2O4S. The number of carbonyl (C=O) groups is 3. The van der Waals surface area contributed by atoms with E-state index in [0.29, 0.717) is 10.7 Å². The van der Waals surface area contributed by atoms with E-state index in [4.69, 9.17) is 4.74 Å². The molecule has 1 saturated heterocycles. The number of aromatic nitrogens is 1. The number of Topliss-reactive ketones (excluding diaryl/α,β-unsaturated/α-hetero) is 1. The van der Waals surface area contributed by atoms with Gasteiger partial charge in [-0.25, -0.2) is 4.98 Å². The first-order valence-electron chi connectivity index (χ1n) is 9.18. The van der Waals surface area contributed by atoms with E-state index in [9.17, 15) is 14.4 Å². The van der Waals surface area contributed by atoms with Crippen LogP contribution in [0.4, 0.5) is 5.13 Å². The molecule has 1 fully saturated rings. The summed E-state index contributed by atoms with van der Waals surface area (Å²) in [6.45, 7) is -0.123. The highest BCUT2D eigenvalue weighted by Crippen LogP contribution is 2.31. The molecule has 2 aromatic carbocycles. The molecule has 0 unspecified atom stereocenters. The van der Waals surface area contributed by atoms with Gasteiger partial charge in [-0.3, -0.25) is 19.3 Å². The number of benzene rings is 2. The van der Waals surface area contributed by atoms with Gasteiger partial charge in [-0.15, -0.1) is 11.3 Å². The van der Waals surface area contributed by atoms with Crippen molar-refractivity contribution < 1.29 is 19.1 Å². The van der Waals surface area contributed by atoms with E-state index < -0.39 is 11.9 Å². The van der Waals surface area contributed by atoms with Crippen LogP contribution in [0.3, 0.4) is 0 Å². The second-order valence-corrected chi connectivity index (χ2v) is 7.52. The number of hydrogen-bond acceptors (Lipinski definition) is 6. The number of rotatable bonds is 6. The quantitative estimate of drug-likeness (QED) is 0.462. The lowest BCUT2D eigenvalue weighted by atomic mass is 10.1. The Morgan fingerprint density at radius 2 is 1.76 bits per heavy atom. The zero-order valence-corrected chi connectivity index (χ0v) is 16.3. The standard InChI is InChI=1S/C22H18N2O4S/c25-19(16-9-5-2-6-10-16)13-28-21(27)17-11-20(26)24(12-17)22-23-18(14-29-22)15-7-3-1-4-8-15/h1-10,14,17H,11-13H2/t17-/m1/s1. The van der Waals surface area contributed by atoms with Crippen molar-refractivity contribution in [2.75, 3.05) is 18.1 Å². The predicted molar refractivity (Wildman–Crippen MR) is 110 cm³/mol. The van der Waals surface area contributed by atoms with E-state index in [1.807, 2.05) is 41.8 Å². The van der Waals surface area contributed by atoms with E-state index in [-0.39, 0.29) is 31.3 Å². The zero-order valence-electron chi connectivity index (χ0n) is 15.5. The molecule has 7 heteroatoms. The van der Waals surface area contributed by atoms with Crippen molar-refractivity contribution in [1.82, 2.24) is 4.98 Å². The lowest BCUT2D eigenvalue weighted by Crippen LogP contribution is -2.27. The highest BCUT2D eigenvalue weighted by atomic mass is 32.1. The third kappa shape index (κ3) is 4.25. The summed E-state index contributed by atoms with van der Waals surface area (Å²) in [5.74, 6) is -1.58. The summed E-state index contributed by atoms with van der Waals surface area (Å²) in [6, 6.07) is 18.3. The molecular weight excluding hydrogens is 388 g/mol. The van der Waals surface area contributed by atoms with Crippen molar-refractivity contribution in [2.45, 2.75) is 6.42 Å². The van der Waals surface area contributed by atoms with Crippen molar-refractivity contribution in [3.05, 3.63) is 71.6 Å². The fourth-order valence-corrected chi connectivity index (χ4v) is 4.00. The minimum absolute atomic E-state index is 0.0542. The van der Waals surface area contributed by atoms with E-state index in [1.54, 1.807) is 24.3 Å². The molecule has 0 radical (unpaired) electrons. The molecule has 1 amide bonds. The molecule has 0 N–H and O–H groups in total. The average molecular weight is 406 g/mol. The molecule has 1 aliphatic rings. The van der Waals surface area contributed by atoms with Crippen LogP contribution in [0, 0.1) is 5.92 Å². The second-order valence-electron chi connectivity index (χ2n) is 6.68. The van der Waals surface area contributed by atoms with Crippen LogP contribution in [0.1, 0.15) is 16.8 Å². The topological polar surface area (TPSA) is 76.6 Å². The molecule has 2 heterocycles. The smallest absolute Gasteiger partial charge is 0.311 e. The Bertz CT molecular complexity index is 1030. The molecule has 1 aliphatic heterocycles. The van der Waals surface area contributed by atoms with Crippen molar-refractivity contribution in [3.63, 3.8) is 0 Å². The summed E-state index contributed by atoms with van der Waals surface area (Å²) in [7, 11) is 0. The molecule has 0 bridgehead atoms. The van der Waals surface area contributed by atoms with Crippen molar-refractivity contribution in [2.24, 2.45) is 5.92 Å². The molecule has 6 nitrogen and oxygen atoms in total. The van der Waals surface area contributed by atoms with Crippen LogP contribution >= 0.6 is 11.3 Å². The fraction of sp³-hybridized carbons (Fsp3) is 0.182. The molecule has 1 atom stereocenters. The summed E-state index contributed by atoms with van der Waals surface area (Å²) in [5, 5.41) is 2.45. The van der Waals surface area contributed by atoms with E-state index in [2.05, 4.69) is 4.98 Å². The van der Waals surface area contributed by atoms with Crippen LogP contribution in [0.2, 0.25) is 0 Å². The van der Waals surface area contributed by atoms with Gasteiger partial charge in [0.05, 0.1) is 11.6 Å². The van der Waals surface area contributed by atoms with Gasteiger partial charge in [0.15, 0.2) is 17.5 Å². The first-order chi connectivity index (χ1) is 14.1. The normalized spacial score (nSPS) is 16.1. The monoisotopic (exact) mass is 406 g/mol. The number of hydrogen-bond donors (Lipinski definition) is 0. The largest absolute Gasteiger partial charge is 0.457 e. The number of nitrogens with zero attached hydrogens (tertiary/aromatic N) is 2. The Hall–Kier alpha value is -3.32. The maximum absolute atomic E-state index is 12.4. The first-order valence-corrected chi connectivity index (χ1v) is 10.1. The maximum Gasteiger partial charge on any atom is 0.311 e. The van der Waals surface area contributed by atoms with Crippen molar-refractivity contribution >= 4 is 34.1 Å². The van der Waals surface area contributed by atoms with E-state index in [1.165, 1.54) is 16.2 Å². The van der Waals surface area contributed by atoms with E-state index >= 15 is 0 Å². The van der Waals surface area contributed by atoms with Gasteiger partial charge in [0.2, 0.25) is 5.91 Å². The Balaban J connectivity index is 1.37. The first kappa shape index (κ1) is 19.0. The van der Waals surface area contributed by atoms with Gasteiger partial charge in [0.25, 0.3) is 0 Å². The lowest BCUT2D eigenvalue weighted by molar-refractivity contribution is -0.147. The van der Waals surface area contributed by atoms with Gasteiger partial charge < -0.3 is 4.74 Å². The average Bonchev–Trinajstić information content (AvgIpc) is 3.40. The summed E-state index contributed by atoms with van der Waals surface area (Å²) in [6.07, 6.45) is 0.0542. The highest BCUT2D eigenvalue weighted by Gasteiger charge is 2.37. The minimum Gasteiger partial charge on any atom is -0.457 e. The molecule has 146 valence electrons. The SMILES string of the molecule is O=C(COC(=O)[C@@H]1CC(=O)N(c2nc(-c3ccccc3)cs2)C1)c1ccccc1. The highest BCUT2D eigenvalue weighted by molar-refractivity contribution is 7.14. The van der Waals surface area contributed by atoms with Gasteiger partial charge in [-0.1, -0.05) is 60.7 Å². The molecule has 29 heavy (non-hydrogen) atoms. The summed E-state index contributed by atoms with van der Waals surface area (Å²) < 4.78 is 5.16. The third-order valence-electron chi connectivity index (χ3n) is 4.69. The van der Waals surface area contributed by atoms with Crippen LogP contribution in [0.25, 0.3) is 11.3 Å². The fourth-order valence-electron chi connectivity index (χ4n) is 3.14. The summed E-state index contributed by atoms with van der Waals surface area (Å²) >= 11 is 1.36. The maximum atomic E-state index is 12.4. The van der Waals surface area contributed by atoms with Gasteiger partial charge in [0, 0.05) is 29.5 Å². The molecule has 4 rings (SSSR count). The molecule has 0 saturated carbocycles. The summed E-state index contributed by atoms with van der Waals surface area (Å²) in [4.78, 5) is 42.9. The summed E-state index contributed by atoms with van der Waals surface area (Å²) in [5.41, 5.74) is 2.25. The van der Waals surface area contributed by atoms with Crippen molar-refractivity contribution in [3.8, 4) is 11.3 Å². The zero-order chi connectivity index (χ0) is 20.2. The lowest BCUT2D eigenvalue weighted by Gasteiger charge is -2.12. The number of amides is 1. The van der Waals surface area contributed by atoms with E-state index in [0.717, 1.165) is 11.3 Å². The molecule has 0 aliphatic carbocycles. The molecule has 3 aromatic rings. The van der Waals surface area contributed by atoms with Crippen molar-refractivity contribution in [1.29, 1.82) is 0 Å². The second kappa shape index (κ2) is 8.36. The number of ether oxygens (including phenoxy) is 1. The third-order valence-corrected chi connectivity index (χ3v) is 5.56. The molecule has 0 spiro atoms.